The maximum atomic E-state index is 12.3. The Hall–Kier alpha value is -3.25. The normalized spacial score (nSPS) is 11.6. The number of hydrogen-bond acceptors (Lipinski definition) is 16. The third-order valence-corrected chi connectivity index (χ3v) is 9.75. The Labute approximate surface area is 404 Å². The van der Waals surface area contributed by atoms with Crippen LogP contribution >= 0.6 is 0 Å². The van der Waals surface area contributed by atoms with Gasteiger partial charge in [0.2, 0.25) is 11.8 Å². The molecule has 0 rings (SSSR count). The summed E-state index contributed by atoms with van der Waals surface area (Å²) in [5.74, 6) is -2.82. The van der Waals surface area contributed by atoms with Crippen molar-refractivity contribution in [1.29, 1.82) is 0 Å². The fourth-order valence-electron chi connectivity index (χ4n) is 6.12. The Balaban J connectivity index is 3.41. The number of rotatable bonds is 57. The lowest BCUT2D eigenvalue weighted by Crippen LogP contribution is -2.44. The van der Waals surface area contributed by atoms with Gasteiger partial charge in [-0.05, 0) is 18.4 Å². The van der Waals surface area contributed by atoms with Crippen molar-refractivity contribution < 1.29 is 81.5 Å². The van der Waals surface area contributed by atoms with Gasteiger partial charge in [-0.25, -0.2) is 4.79 Å². The number of ether oxygens (including phenoxy) is 11. The molecule has 2 amide bonds. The van der Waals surface area contributed by atoms with Gasteiger partial charge in [-0.15, -0.1) is 0 Å². The zero-order valence-corrected chi connectivity index (χ0v) is 40.9. The van der Waals surface area contributed by atoms with Crippen molar-refractivity contribution in [2.75, 3.05) is 158 Å². The molecule has 68 heavy (non-hydrogen) atoms. The molecule has 0 radical (unpaired) electrons. The topological polar surface area (TPSA) is 283 Å². The zero-order valence-electron chi connectivity index (χ0n) is 40.9. The van der Waals surface area contributed by atoms with Crippen LogP contribution in [0.25, 0.3) is 10.4 Å². The average Bonchev–Trinajstić information content (AvgIpc) is 3.32. The maximum Gasteiger partial charge on any atom is 0.326 e. The lowest BCUT2D eigenvalue weighted by molar-refractivity contribution is -0.143. The predicted molar refractivity (Wildman–Crippen MR) is 252 cm³/mol. The van der Waals surface area contributed by atoms with Crippen LogP contribution in [0.1, 0.15) is 109 Å². The molecular weight excluding hydrogens is 895 g/mol. The van der Waals surface area contributed by atoms with E-state index in [0.717, 1.165) is 38.5 Å². The van der Waals surface area contributed by atoms with Gasteiger partial charge in [-0.1, -0.05) is 82.2 Å². The van der Waals surface area contributed by atoms with Crippen LogP contribution in [0.3, 0.4) is 0 Å². The van der Waals surface area contributed by atoms with Gasteiger partial charge < -0.3 is 73.0 Å². The molecule has 0 fully saturated rings. The second-order valence-electron chi connectivity index (χ2n) is 15.5. The molecule has 0 saturated carbocycles. The van der Waals surface area contributed by atoms with Crippen molar-refractivity contribution in [3.63, 3.8) is 0 Å². The first kappa shape index (κ1) is 64.8. The van der Waals surface area contributed by atoms with E-state index in [9.17, 15) is 24.3 Å². The Morgan fingerprint density at radius 3 is 1.01 bits per heavy atom. The summed E-state index contributed by atoms with van der Waals surface area (Å²) in [5.41, 5.74) is 8.16. The van der Waals surface area contributed by atoms with Gasteiger partial charge in [-0.3, -0.25) is 14.4 Å². The number of carbonyl (C=O) groups excluding carboxylic acids is 2. The summed E-state index contributed by atoms with van der Waals surface area (Å²) in [6, 6.07) is -1.29. The highest BCUT2D eigenvalue weighted by molar-refractivity contribution is 5.88. The first-order valence-electron chi connectivity index (χ1n) is 24.7. The average molecular weight is 982 g/mol. The number of hydrogen-bond donors (Lipinski definition) is 4. The zero-order chi connectivity index (χ0) is 49.5. The number of unbranched alkanes of at least 4 members (excludes halogenated alkanes) is 13. The van der Waals surface area contributed by atoms with Crippen molar-refractivity contribution in [2.24, 2.45) is 5.11 Å². The summed E-state index contributed by atoms with van der Waals surface area (Å²) in [4.78, 5) is 49.4. The van der Waals surface area contributed by atoms with Crippen LogP contribution < -0.4 is 10.6 Å². The second-order valence-corrected chi connectivity index (χ2v) is 15.5. The molecule has 0 aromatic rings. The third-order valence-electron chi connectivity index (χ3n) is 9.75. The minimum atomic E-state index is -1.29. The minimum Gasteiger partial charge on any atom is -0.481 e. The molecule has 0 saturated heterocycles. The van der Waals surface area contributed by atoms with Crippen LogP contribution in [-0.4, -0.2) is 198 Å². The Kier molecular flexibility index (Phi) is 52.1. The SMILES string of the molecule is [N-]=[N+]=NCCOCCOCCOCCOCCOCCOCCOCCOCCOCCOCCOCCNC(=O)CC(NC(=O)CCCCCCCCCCCCCCCCC(=O)O)C(=O)O. The van der Waals surface area contributed by atoms with Crippen LogP contribution in [0.4, 0.5) is 0 Å². The number of azide groups is 1. The van der Waals surface area contributed by atoms with Crippen LogP contribution in [0.15, 0.2) is 5.11 Å². The Morgan fingerprint density at radius 2 is 0.706 bits per heavy atom. The Bertz CT molecular complexity index is 1210. The van der Waals surface area contributed by atoms with Gasteiger partial charge in [0.05, 0.1) is 152 Å². The highest BCUT2D eigenvalue weighted by Gasteiger charge is 2.23. The van der Waals surface area contributed by atoms with Gasteiger partial charge in [-0.2, -0.15) is 0 Å². The van der Waals surface area contributed by atoms with Crippen LogP contribution in [0, 0.1) is 0 Å². The standard InChI is InChI=1S/C46H87N5O17/c47-51-49-18-20-59-22-24-61-26-28-63-30-32-65-34-36-67-38-40-68-39-37-66-35-33-64-31-29-62-27-25-60-23-21-58-19-17-48-44(53)41-42(46(56)57)50-43(52)15-13-11-9-7-5-3-1-2-4-6-8-10-12-14-16-45(54)55/h42H,1-41H2,(H,48,53)(H,50,52)(H,54,55)(H,56,57). The molecule has 0 aromatic carbocycles. The van der Waals surface area contributed by atoms with E-state index in [-0.39, 0.29) is 38.3 Å². The monoisotopic (exact) mass is 982 g/mol. The fourth-order valence-corrected chi connectivity index (χ4v) is 6.12. The molecule has 1 atom stereocenters. The molecule has 0 aliphatic carbocycles. The highest BCUT2D eigenvalue weighted by atomic mass is 16.6. The summed E-state index contributed by atoms with van der Waals surface area (Å²) >= 11 is 0. The highest BCUT2D eigenvalue weighted by Crippen LogP contribution is 2.14. The van der Waals surface area contributed by atoms with Gasteiger partial charge in [0, 0.05) is 30.8 Å². The van der Waals surface area contributed by atoms with Crippen molar-refractivity contribution in [1.82, 2.24) is 10.6 Å². The summed E-state index contributed by atoms with van der Waals surface area (Å²) in [6.07, 6.45) is 15.2. The number of carboxylic acid groups (broad SMARTS) is 2. The molecule has 22 nitrogen and oxygen atoms in total. The lowest BCUT2D eigenvalue weighted by Gasteiger charge is -2.14. The first-order valence-corrected chi connectivity index (χ1v) is 24.7. The van der Waals surface area contributed by atoms with Gasteiger partial charge in [0.15, 0.2) is 0 Å². The number of nitrogens with zero attached hydrogens (tertiary/aromatic N) is 3. The molecule has 0 aliphatic heterocycles. The maximum absolute atomic E-state index is 12.3. The van der Waals surface area contributed by atoms with E-state index in [4.69, 9.17) is 62.7 Å². The number of aliphatic carboxylic acids is 2. The quantitative estimate of drug-likeness (QED) is 0.0273. The van der Waals surface area contributed by atoms with Crippen molar-refractivity contribution in [3.05, 3.63) is 10.4 Å². The number of nitrogens with one attached hydrogen (secondary N) is 2. The molecule has 4 N–H and O–H groups in total. The van der Waals surface area contributed by atoms with E-state index in [2.05, 4.69) is 20.7 Å². The molecule has 398 valence electrons. The van der Waals surface area contributed by atoms with Crippen molar-refractivity contribution in [2.45, 2.75) is 115 Å². The summed E-state index contributed by atoms with van der Waals surface area (Å²) in [5, 5.41) is 26.6. The summed E-state index contributed by atoms with van der Waals surface area (Å²) in [7, 11) is 0. The van der Waals surface area contributed by atoms with Crippen molar-refractivity contribution in [3.8, 4) is 0 Å². The molecule has 22 heteroatoms. The van der Waals surface area contributed by atoms with E-state index >= 15 is 0 Å². The molecule has 0 spiro atoms. The number of carbonyl (C=O) groups is 4. The summed E-state index contributed by atoms with van der Waals surface area (Å²) in [6.45, 7) is 9.91. The molecule has 0 heterocycles. The first-order chi connectivity index (χ1) is 33.4. The van der Waals surface area contributed by atoms with Gasteiger partial charge >= 0.3 is 11.9 Å². The van der Waals surface area contributed by atoms with E-state index in [1.165, 1.54) is 44.9 Å². The van der Waals surface area contributed by atoms with E-state index in [0.29, 0.717) is 152 Å². The van der Waals surface area contributed by atoms with E-state index in [1.54, 1.807) is 0 Å². The molecule has 0 aliphatic rings. The second kappa shape index (κ2) is 54.7. The molecule has 1 unspecified atom stereocenters. The Morgan fingerprint density at radius 1 is 0.412 bits per heavy atom. The third kappa shape index (κ3) is 53.7. The largest absolute Gasteiger partial charge is 0.481 e. The minimum absolute atomic E-state index is 0.201. The molecule has 0 bridgehead atoms. The van der Waals surface area contributed by atoms with Crippen LogP contribution in [0.5, 0.6) is 0 Å². The van der Waals surface area contributed by atoms with E-state index < -0.39 is 23.9 Å². The fraction of sp³-hybridized carbons (Fsp3) is 0.913. The number of carboxylic acids is 2. The number of amides is 2. The van der Waals surface area contributed by atoms with Crippen LogP contribution in [-0.2, 0) is 71.3 Å². The smallest absolute Gasteiger partial charge is 0.326 e. The van der Waals surface area contributed by atoms with Gasteiger partial charge in [0.25, 0.3) is 0 Å². The van der Waals surface area contributed by atoms with Crippen LogP contribution in [0.2, 0.25) is 0 Å². The summed E-state index contributed by atoms with van der Waals surface area (Å²) < 4.78 is 59.8. The van der Waals surface area contributed by atoms with Crippen molar-refractivity contribution >= 4 is 23.8 Å². The lowest BCUT2D eigenvalue weighted by atomic mass is 10.0. The molecular formula is C46H87N5O17. The molecule has 0 aromatic heterocycles. The van der Waals surface area contributed by atoms with E-state index in [1.807, 2.05) is 0 Å². The van der Waals surface area contributed by atoms with Gasteiger partial charge in [0.1, 0.15) is 6.04 Å². The predicted octanol–water partition coefficient (Wildman–Crippen LogP) is 4.88.